The van der Waals surface area contributed by atoms with Crippen molar-refractivity contribution >= 4 is 16.7 Å². The fraction of sp³-hybridized carbons (Fsp3) is 0.522. The molecule has 5 rings (SSSR count). The third-order valence-electron chi connectivity index (χ3n) is 6.45. The maximum absolute atomic E-state index is 15.3. The van der Waals surface area contributed by atoms with Crippen molar-refractivity contribution in [3.05, 3.63) is 29.3 Å². The Balaban J connectivity index is 1.55. The zero-order valence-electron chi connectivity index (χ0n) is 18.9. The number of aryl methyl sites for hydroxylation is 2. The van der Waals surface area contributed by atoms with Crippen LogP contribution in [0.25, 0.3) is 22.4 Å². The molecule has 3 atom stereocenters. The smallest absolute Gasteiger partial charge is 0.261 e. The van der Waals surface area contributed by atoms with Crippen molar-refractivity contribution in [2.75, 3.05) is 38.3 Å². The van der Waals surface area contributed by atoms with Crippen LogP contribution in [0.5, 0.6) is 5.75 Å². The second kappa shape index (κ2) is 8.83. The molecule has 2 aromatic heterocycles. The Hall–Kier alpha value is -2.85. The van der Waals surface area contributed by atoms with E-state index in [1.165, 1.54) is 13.2 Å². The number of hydrogen-bond donors (Lipinski definition) is 1. The number of halogens is 2. The molecule has 8 nitrogen and oxygen atoms in total. The number of benzene rings is 1. The number of nitrogens with one attached hydrogen (secondary N) is 1. The number of piperidine rings is 1. The third kappa shape index (κ3) is 4.13. The normalized spacial score (nSPS) is 23.4. The maximum atomic E-state index is 15.3. The number of anilines is 1. The molecule has 2 fully saturated rings. The molecule has 10 heteroatoms. The second-order valence-corrected chi connectivity index (χ2v) is 8.67. The molecule has 3 aromatic rings. The average molecular weight is 459 g/mol. The van der Waals surface area contributed by atoms with Crippen molar-refractivity contribution in [2.24, 2.45) is 0 Å². The Bertz CT molecular complexity index is 1160. The van der Waals surface area contributed by atoms with Gasteiger partial charge in [0.25, 0.3) is 5.89 Å². The molecule has 0 radical (unpaired) electrons. The summed E-state index contributed by atoms with van der Waals surface area (Å²) < 4.78 is 46.3. The standard InChI is InChI=1S/C23H27F2N5O3/c1-12-16-8-15(31-3)9-17(24)21(16)28-22(20(12)23-26-13(2)29-33-23)30-6-4-19(18(25)10-30)27-14-5-7-32-11-14/h8-9,14,18-19,27H,4-7,10-11H2,1-3H3/t14-,18?,19?/m0/s1. The lowest BCUT2D eigenvalue weighted by Gasteiger charge is -2.37. The lowest BCUT2D eigenvalue weighted by Crippen LogP contribution is -2.54. The van der Waals surface area contributed by atoms with Crippen molar-refractivity contribution in [3.8, 4) is 17.2 Å². The summed E-state index contributed by atoms with van der Waals surface area (Å²) in [6.45, 7) is 5.57. The maximum Gasteiger partial charge on any atom is 0.261 e. The van der Waals surface area contributed by atoms with Gasteiger partial charge in [0.2, 0.25) is 0 Å². The number of pyridine rings is 1. The van der Waals surface area contributed by atoms with Gasteiger partial charge in [0, 0.05) is 36.7 Å². The lowest BCUT2D eigenvalue weighted by atomic mass is 9.98. The van der Waals surface area contributed by atoms with E-state index in [-0.39, 0.29) is 30.0 Å². The number of aromatic nitrogens is 3. The van der Waals surface area contributed by atoms with Crippen molar-refractivity contribution in [1.82, 2.24) is 20.4 Å². The number of alkyl halides is 1. The SMILES string of the molecule is COc1cc(F)c2nc(N3CCC(N[C@H]4CCOC4)C(F)C3)c(-c3nc(C)no3)c(C)c2c1. The number of ether oxygens (including phenoxy) is 2. The average Bonchev–Trinajstić information content (AvgIpc) is 3.47. The topological polar surface area (TPSA) is 85.5 Å². The lowest BCUT2D eigenvalue weighted by molar-refractivity contribution is 0.172. The largest absolute Gasteiger partial charge is 0.497 e. The molecule has 4 heterocycles. The molecule has 0 bridgehead atoms. The second-order valence-electron chi connectivity index (χ2n) is 8.67. The zero-order valence-corrected chi connectivity index (χ0v) is 18.9. The summed E-state index contributed by atoms with van der Waals surface area (Å²) in [6, 6.07) is 2.95. The molecule has 1 aromatic carbocycles. The molecule has 0 spiro atoms. The molecule has 0 amide bonds. The van der Waals surface area contributed by atoms with Gasteiger partial charge >= 0.3 is 0 Å². The highest BCUT2D eigenvalue weighted by Gasteiger charge is 2.34. The van der Waals surface area contributed by atoms with E-state index in [1.807, 2.05) is 11.8 Å². The number of fused-ring (bicyclic) bond motifs is 1. The minimum atomic E-state index is -1.12. The van der Waals surface area contributed by atoms with Crippen LogP contribution in [-0.4, -0.2) is 66.8 Å². The first-order chi connectivity index (χ1) is 15.9. The molecule has 2 aliphatic rings. The zero-order chi connectivity index (χ0) is 23.1. The van der Waals surface area contributed by atoms with Crippen molar-refractivity contribution < 1.29 is 22.8 Å². The molecular formula is C23H27F2N5O3. The monoisotopic (exact) mass is 459 g/mol. The number of nitrogens with zero attached hydrogens (tertiary/aromatic N) is 4. The van der Waals surface area contributed by atoms with Crippen LogP contribution in [0.15, 0.2) is 16.7 Å². The van der Waals surface area contributed by atoms with Gasteiger partial charge in [0.1, 0.15) is 23.3 Å². The summed E-state index contributed by atoms with van der Waals surface area (Å²) in [6.07, 6.45) is 0.362. The summed E-state index contributed by atoms with van der Waals surface area (Å²) in [5, 5.41) is 7.88. The van der Waals surface area contributed by atoms with Crippen LogP contribution in [0.4, 0.5) is 14.6 Å². The van der Waals surface area contributed by atoms with Gasteiger partial charge in [-0.3, -0.25) is 0 Å². The first kappa shape index (κ1) is 22.0. The first-order valence-electron chi connectivity index (χ1n) is 11.2. The summed E-state index contributed by atoms with van der Waals surface area (Å²) in [4.78, 5) is 10.9. The Morgan fingerprint density at radius 3 is 2.73 bits per heavy atom. The molecule has 1 N–H and O–H groups in total. The van der Waals surface area contributed by atoms with E-state index in [0.717, 1.165) is 12.0 Å². The third-order valence-corrected chi connectivity index (χ3v) is 6.45. The molecule has 2 unspecified atom stereocenters. The van der Waals surface area contributed by atoms with Gasteiger partial charge in [-0.2, -0.15) is 4.98 Å². The fourth-order valence-electron chi connectivity index (χ4n) is 4.69. The van der Waals surface area contributed by atoms with Crippen LogP contribution in [0.2, 0.25) is 0 Å². The van der Waals surface area contributed by atoms with Crippen LogP contribution >= 0.6 is 0 Å². The van der Waals surface area contributed by atoms with Gasteiger partial charge in [-0.15, -0.1) is 0 Å². The van der Waals surface area contributed by atoms with Gasteiger partial charge in [-0.1, -0.05) is 5.16 Å². The highest BCUT2D eigenvalue weighted by molar-refractivity contribution is 5.93. The predicted molar refractivity (Wildman–Crippen MR) is 119 cm³/mol. The predicted octanol–water partition coefficient (Wildman–Crippen LogP) is 3.34. The summed E-state index contributed by atoms with van der Waals surface area (Å²) in [5.74, 6) is 1.07. The number of rotatable bonds is 5. The molecule has 2 aliphatic heterocycles. The summed E-state index contributed by atoms with van der Waals surface area (Å²) >= 11 is 0. The molecular weight excluding hydrogens is 432 g/mol. The molecule has 0 saturated carbocycles. The van der Waals surface area contributed by atoms with Crippen LogP contribution in [0.3, 0.4) is 0 Å². The minimum Gasteiger partial charge on any atom is -0.497 e. The van der Waals surface area contributed by atoms with Crippen molar-refractivity contribution in [3.63, 3.8) is 0 Å². The van der Waals surface area contributed by atoms with E-state index < -0.39 is 12.0 Å². The highest BCUT2D eigenvalue weighted by Crippen LogP contribution is 2.39. The Morgan fingerprint density at radius 2 is 2.06 bits per heavy atom. The highest BCUT2D eigenvalue weighted by atomic mass is 19.1. The number of methoxy groups -OCH3 is 1. The number of hydrogen-bond acceptors (Lipinski definition) is 8. The van der Waals surface area contributed by atoms with Crippen LogP contribution in [-0.2, 0) is 4.74 Å². The van der Waals surface area contributed by atoms with Crippen LogP contribution in [0.1, 0.15) is 24.2 Å². The van der Waals surface area contributed by atoms with E-state index in [9.17, 15) is 4.39 Å². The minimum absolute atomic E-state index is 0.126. The van der Waals surface area contributed by atoms with E-state index in [4.69, 9.17) is 14.0 Å². The molecule has 2 saturated heterocycles. The summed E-state index contributed by atoms with van der Waals surface area (Å²) in [5.41, 5.74) is 1.50. The van der Waals surface area contributed by atoms with E-state index in [1.54, 1.807) is 13.0 Å². The van der Waals surface area contributed by atoms with Crippen molar-refractivity contribution in [2.45, 2.75) is 44.9 Å². The van der Waals surface area contributed by atoms with Gasteiger partial charge in [0.15, 0.2) is 11.6 Å². The van der Waals surface area contributed by atoms with E-state index in [2.05, 4.69) is 20.4 Å². The quantitative estimate of drug-likeness (QED) is 0.622. The molecule has 176 valence electrons. The van der Waals surface area contributed by atoms with Crippen LogP contribution in [0, 0.1) is 19.7 Å². The Kier molecular flexibility index (Phi) is 5.88. The Morgan fingerprint density at radius 1 is 1.21 bits per heavy atom. The molecule has 0 aliphatic carbocycles. The van der Waals surface area contributed by atoms with E-state index >= 15 is 4.39 Å². The van der Waals surface area contributed by atoms with Crippen LogP contribution < -0.4 is 15.0 Å². The summed E-state index contributed by atoms with van der Waals surface area (Å²) in [7, 11) is 1.48. The van der Waals surface area contributed by atoms with Crippen molar-refractivity contribution in [1.29, 1.82) is 0 Å². The van der Waals surface area contributed by atoms with Gasteiger partial charge in [-0.25, -0.2) is 13.8 Å². The molecule has 33 heavy (non-hydrogen) atoms. The Labute approximate surface area is 190 Å². The fourth-order valence-corrected chi connectivity index (χ4v) is 4.69. The van der Waals surface area contributed by atoms with E-state index in [0.29, 0.717) is 54.5 Å². The van der Waals surface area contributed by atoms with Gasteiger partial charge in [0.05, 0.1) is 25.8 Å². The van der Waals surface area contributed by atoms with Gasteiger partial charge < -0.3 is 24.2 Å². The van der Waals surface area contributed by atoms with Gasteiger partial charge in [-0.05, 0) is 38.3 Å². The first-order valence-corrected chi connectivity index (χ1v) is 11.2.